The normalized spacial score (nSPS) is 18.7. The molecule has 6 heteroatoms. The molecular formula is C15H22N4O2. The molecular weight excluding hydrogens is 268 g/mol. The zero-order valence-corrected chi connectivity index (χ0v) is 12.7. The van der Waals surface area contributed by atoms with Crippen LogP contribution >= 0.6 is 0 Å². The van der Waals surface area contributed by atoms with Gasteiger partial charge in [0, 0.05) is 24.7 Å². The molecule has 21 heavy (non-hydrogen) atoms. The van der Waals surface area contributed by atoms with E-state index in [1.54, 1.807) is 11.1 Å². The SMILES string of the molecule is CC(C)(C)N1CC(NC(=O)NCc2ccccn2)CC1=O. The first-order chi connectivity index (χ1) is 9.86. The van der Waals surface area contributed by atoms with Gasteiger partial charge < -0.3 is 15.5 Å². The van der Waals surface area contributed by atoms with E-state index in [1.165, 1.54) is 0 Å². The summed E-state index contributed by atoms with van der Waals surface area (Å²) in [5, 5.41) is 5.59. The number of nitrogens with zero attached hydrogens (tertiary/aromatic N) is 2. The highest BCUT2D eigenvalue weighted by atomic mass is 16.2. The smallest absolute Gasteiger partial charge is 0.315 e. The Morgan fingerprint density at radius 1 is 1.43 bits per heavy atom. The lowest BCUT2D eigenvalue weighted by Gasteiger charge is -2.32. The fraction of sp³-hybridized carbons (Fsp3) is 0.533. The molecule has 2 rings (SSSR count). The number of pyridine rings is 1. The summed E-state index contributed by atoms with van der Waals surface area (Å²) in [5.74, 6) is 0.0810. The molecule has 0 spiro atoms. The van der Waals surface area contributed by atoms with Crippen LogP contribution in [0.5, 0.6) is 0 Å². The molecule has 0 bridgehead atoms. The Bertz CT molecular complexity index is 510. The van der Waals surface area contributed by atoms with Crippen molar-refractivity contribution in [3.8, 4) is 0 Å². The average Bonchev–Trinajstić information content (AvgIpc) is 2.78. The Morgan fingerprint density at radius 3 is 2.76 bits per heavy atom. The summed E-state index contributed by atoms with van der Waals surface area (Å²) in [7, 11) is 0. The third-order valence-electron chi connectivity index (χ3n) is 3.43. The zero-order chi connectivity index (χ0) is 15.5. The summed E-state index contributed by atoms with van der Waals surface area (Å²) >= 11 is 0. The molecule has 0 saturated carbocycles. The number of carbonyl (C=O) groups excluding carboxylic acids is 2. The first-order valence-electron chi connectivity index (χ1n) is 7.11. The molecule has 0 radical (unpaired) electrons. The summed E-state index contributed by atoms with van der Waals surface area (Å²) in [6, 6.07) is 5.14. The van der Waals surface area contributed by atoms with Crippen molar-refractivity contribution in [3.63, 3.8) is 0 Å². The number of carbonyl (C=O) groups is 2. The van der Waals surface area contributed by atoms with E-state index >= 15 is 0 Å². The minimum absolute atomic E-state index is 0.0810. The van der Waals surface area contributed by atoms with E-state index in [1.807, 2.05) is 39.0 Å². The Kier molecular flexibility index (Phi) is 4.45. The maximum atomic E-state index is 11.9. The number of amides is 3. The predicted molar refractivity (Wildman–Crippen MR) is 79.5 cm³/mol. The first kappa shape index (κ1) is 15.3. The summed E-state index contributed by atoms with van der Waals surface area (Å²) in [4.78, 5) is 29.7. The van der Waals surface area contributed by atoms with Crippen LogP contribution in [0.4, 0.5) is 4.79 Å². The molecule has 1 unspecified atom stereocenters. The molecule has 0 aliphatic carbocycles. The van der Waals surface area contributed by atoms with Crippen LogP contribution < -0.4 is 10.6 Å². The maximum Gasteiger partial charge on any atom is 0.315 e. The second-order valence-corrected chi connectivity index (χ2v) is 6.22. The van der Waals surface area contributed by atoms with Gasteiger partial charge in [-0.2, -0.15) is 0 Å². The van der Waals surface area contributed by atoms with Gasteiger partial charge in [-0.1, -0.05) is 6.07 Å². The van der Waals surface area contributed by atoms with E-state index in [4.69, 9.17) is 0 Å². The maximum absolute atomic E-state index is 11.9. The Balaban J connectivity index is 1.80. The van der Waals surface area contributed by atoms with Crippen LogP contribution in [0.1, 0.15) is 32.9 Å². The molecule has 1 aromatic rings. The van der Waals surface area contributed by atoms with Gasteiger partial charge in [0.05, 0.1) is 18.3 Å². The van der Waals surface area contributed by atoms with E-state index in [2.05, 4.69) is 15.6 Å². The minimum Gasteiger partial charge on any atom is -0.336 e. The van der Waals surface area contributed by atoms with Gasteiger partial charge >= 0.3 is 6.03 Å². The standard InChI is InChI=1S/C15H22N4O2/c1-15(2,3)19-10-12(8-13(19)20)18-14(21)17-9-11-6-4-5-7-16-11/h4-7,12H,8-10H2,1-3H3,(H2,17,18,21). The van der Waals surface area contributed by atoms with Gasteiger partial charge in [0.15, 0.2) is 0 Å². The number of hydrogen-bond acceptors (Lipinski definition) is 3. The second kappa shape index (κ2) is 6.11. The third-order valence-corrected chi connectivity index (χ3v) is 3.43. The van der Waals surface area contributed by atoms with Gasteiger partial charge in [-0.15, -0.1) is 0 Å². The summed E-state index contributed by atoms with van der Waals surface area (Å²) < 4.78 is 0. The van der Waals surface area contributed by atoms with Gasteiger partial charge in [-0.25, -0.2) is 4.79 Å². The number of hydrogen-bond donors (Lipinski definition) is 2. The number of likely N-dealkylation sites (tertiary alicyclic amines) is 1. The molecule has 114 valence electrons. The van der Waals surface area contributed by atoms with Crippen molar-refractivity contribution in [1.82, 2.24) is 20.5 Å². The molecule has 6 nitrogen and oxygen atoms in total. The summed E-state index contributed by atoms with van der Waals surface area (Å²) in [5.41, 5.74) is 0.587. The van der Waals surface area contributed by atoms with E-state index in [0.29, 0.717) is 19.5 Å². The van der Waals surface area contributed by atoms with Crippen LogP contribution in [0.3, 0.4) is 0 Å². The number of nitrogens with one attached hydrogen (secondary N) is 2. The molecule has 1 saturated heterocycles. The molecule has 1 aliphatic heterocycles. The van der Waals surface area contributed by atoms with Crippen LogP contribution in [-0.4, -0.2) is 39.9 Å². The Morgan fingerprint density at radius 2 is 2.19 bits per heavy atom. The van der Waals surface area contributed by atoms with E-state index in [9.17, 15) is 9.59 Å². The van der Waals surface area contributed by atoms with Crippen molar-refractivity contribution in [2.24, 2.45) is 0 Å². The van der Waals surface area contributed by atoms with Crippen molar-refractivity contribution in [2.75, 3.05) is 6.54 Å². The predicted octanol–water partition coefficient (Wildman–Crippen LogP) is 1.28. The van der Waals surface area contributed by atoms with Crippen molar-refractivity contribution < 1.29 is 9.59 Å². The Hall–Kier alpha value is -2.11. The Labute approximate surface area is 124 Å². The molecule has 1 atom stereocenters. The molecule has 1 fully saturated rings. The van der Waals surface area contributed by atoms with Crippen molar-refractivity contribution >= 4 is 11.9 Å². The topological polar surface area (TPSA) is 74.3 Å². The highest BCUT2D eigenvalue weighted by Gasteiger charge is 2.36. The molecule has 2 N–H and O–H groups in total. The van der Waals surface area contributed by atoms with Crippen LogP contribution in [0.25, 0.3) is 0 Å². The second-order valence-electron chi connectivity index (χ2n) is 6.22. The fourth-order valence-electron chi connectivity index (χ4n) is 2.36. The average molecular weight is 290 g/mol. The zero-order valence-electron chi connectivity index (χ0n) is 12.7. The van der Waals surface area contributed by atoms with Crippen molar-refractivity contribution in [2.45, 2.75) is 45.3 Å². The monoisotopic (exact) mass is 290 g/mol. The molecule has 1 aliphatic rings. The third kappa shape index (κ3) is 4.18. The highest BCUT2D eigenvalue weighted by Crippen LogP contribution is 2.21. The van der Waals surface area contributed by atoms with Crippen molar-refractivity contribution in [1.29, 1.82) is 0 Å². The fourth-order valence-corrected chi connectivity index (χ4v) is 2.36. The van der Waals surface area contributed by atoms with Crippen LogP contribution in [0, 0.1) is 0 Å². The van der Waals surface area contributed by atoms with Gasteiger partial charge in [0.25, 0.3) is 0 Å². The molecule has 0 aromatic carbocycles. The number of rotatable bonds is 3. The summed E-state index contributed by atoms with van der Waals surface area (Å²) in [6.07, 6.45) is 2.04. The molecule has 1 aromatic heterocycles. The van der Waals surface area contributed by atoms with Gasteiger partial charge in [0.2, 0.25) is 5.91 Å². The van der Waals surface area contributed by atoms with Gasteiger partial charge in [-0.3, -0.25) is 9.78 Å². The largest absolute Gasteiger partial charge is 0.336 e. The minimum atomic E-state index is -0.269. The molecule has 3 amide bonds. The van der Waals surface area contributed by atoms with E-state index < -0.39 is 0 Å². The van der Waals surface area contributed by atoms with Gasteiger partial charge in [0.1, 0.15) is 0 Å². The highest BCUT2D eigenvalue weighted by molar-refractivity contribution is 5.82. The lowest BCUT2D eigenvalue weighted by Crippen LogP contribution is -2.46. The van der Waals surface area contributed by atoms with Crippen LogP contribution in [0.2, 0.25) is 0 Å². The number of urea groups is 1. The first-order valence-corrected chi connectivity index (χ1v) is 7.11. The molecule has 2 heterocycles. The quantitative estimate of drug-likeness (QED) is 0.880. The number of aromatic nitrogens is 1. The van der Waals surface area contributed by atoms with Crippen molar-refractivity contribution in [3.05, 3.63) is 30.1 Å². The van der Waals surface area contributed by atoms with E-state index in [-0.39, 0.29) is 23.5 Å². The van der Waals surface area contributed by atoms with E-state index in [0.717, 1.165) is 5.69 Å². The van der Waals surface area contributed by atoms with Crippen LogP contribution in [-0.2, 0) is 11.3 Å². The lowest BCUT2D eigenvalue weighted by atomic mass is 10.1. The lowest BCUT2D eigenvalue weighted by molar-refractivity contribution is -0.131. The van der Waals surface area contributed by atoms with Gasteiger partial charge in [-0.05, 0) is 32.9 Å². The summed E-state index contributed by atoms with van der Waals surface area (Å²) in [6.45, 7) is 6.91. The van der Waals surface area contributed by atoms with Crippen LogP contribution in [0.15, 0.2) is 24.4 Å².